The van der Waals surface area contributed by atoms with Crippen LogP contribution in [-0.2, 0) is 6.18 Å². The van der Waals surface area contributed by atoms with E-state index in [4.69, 9.17) is 34.8 Å². The fraction of sp³-hybridized carbons (Fsp3) is 0.143. The molecule has 2 aromatic rings. The third-order valence-electron chi connectivity index (χ3n) is 2.78. The highest BCUT2D eigenvalue weighted by Gasteiger charge is 2.34. The number of halogens is 6. The molecule has 0 saturated heterocycles. The second-order valence-electron chi connectivity index (χ2n) is 4.29. The van der Waals surface area contributed by atoms with E-state index in [-0.39, 0.29) is 26.2 Å². The van der Waals surface area contributed by atoms with Crippen molar-refractivity contribution in [1.29, 1.82) is 0 Å². The van der Waals surface area contributed by atoms with Crippen molar-refractivity contribution in [3.05, 3.63) is 56.5 Å². The molecule has 6 heteroatoms. The zero-order chi connectivity index (χ0) is 15.1. The van der Waals surface area contributed by atoms with Crippen LogP contribution in [0.25, 0.3) is 11.1 Å². The molecule has 0 aliphatic heterocycles. The van der Waals surface area contributed by atoms with Crippen molar-refractivity contribution in [2.75, 3.05) is 0 Å². The molecule has 0 aromatic heterocycles. The summed E-state index contributed by atoms with van der Waals surface area (Å²) in [6.07, 6.45) is -4.48. The Morgan fingerprint density at radius 3 is 2.00 bits per heavy atom. The van der Waals surface area contributed by atoms with Crippen molar-refractivity contribution in [2.45, 2.75) is 13.1 Å². The largest absolute Gasteiger partial charge is 0.417 e. The molecule has 0 aliphatic carbocycles. The Morgan fingerprint density at radius 2 is 1.40 bits per heavy atom. The average molecular weight is 340 g/mol. The van der Waals surface area contributed by atoms with E-state index >= 15 is 0 Å². The molecule has 0 saturated carbocycles. The number of aryl methyl sites for hydroxylation is 1. The topological polar surface area (TPSA) is 0 Å². The van der Waals surface area contributed by atoms with Crippen molar-refractivity contribution in [1.82, 2.24) is 0 Å². The minimum atomic E-state index is -4.48. The lowest BCUT2D eigenvalue weighted by atomic mass is 9.97. The average Bonchev–Trinajstić information content (AvgIpc) is 2.33. The third-order valence-corrected chi connectivity index (χ3v) is 3.82. The van der Waals surface area contributed by atoms with Crippen molar-refractivity contribution < 1.29 is 13.2 Å². The smallest absolute Gasteiger partial charge is 0.166 e. The Kier molecular flexibility index (Phi) is 4.24. The maximum atomic E-state index is 13.1. The summed E-state index contributed by atoms with van der Waals surface area (Å²) < 4.78 is 39.4. The van der Waals surface area contributed by atoms with Crippen molar-refractivity contribution in [3.63, 3.8) is 0 Å². The molecule has 106 valence electrons. The van der Waals surface area contributed by atoms with Gasteiger partial charge >= 0.3 is 6.18 Å². The van der Waals surface area contributed by atoms with E-state index in [1.54, 1.807) is 13.0 Å². The van der Waals surface area contributed by atoms with E-state index in [0.29, 0.717) is 5.56 Å². The Labute approximate surface area is 129 Å². The SMILES string of the molecule is Cc1ccc(-c2cc(Cl)c(Cl)cc2Cl)c(C(F)(F)F)c1. The number of rotatable bonds is 1. The minimum Gasteiger partial charge on any atom is -0.166 e. The first-order chi connectivity index (χ1) is 9.20. The van der Waals surface area contributed by atoms with Gasteiger partial charge in [-0.15, -0.1) is 0 Å². The molecule has 0 atom stereocenters. The summed E-state index contributed by atoms with van der Waals surface area (Å²) in [6, 6.07) is 6.72. The van der Waals surface area contributed by atoms with Crippen LogP contribution in [0, 0.1) is 6.92 Å². The van der Waals surface area contributed by atoms with Gasteiger partial charge in [-0.1, -0.05) is 52.5 Å². The van der Waals surface area contributed by atoms with Gasteiger partial charge in [-0.05, 0) is 30.7 Å². The van der Waals surface area contributed by atoms with Crippen molar-refractivity contribution in [2.24, 2.45) is 0 Å². The Hall–Kier alpha value is -0.900. The van der Waals surface area contributed by atoms with Crippen LogP contribution in [0.1, 0.15) is 11.1 Å². The van der Waals surface area contributed by atoms with Gasteiger partial charge in [0, 0.05) is 10.6 Å². The van der Waals surface area contributed by atoms with Gasteiger partial charge < -0.3 is 0 Å². The summed E-state index contributed by atoms with van der Waals surface area (Å²) in [5.41, 5.74) is -0.0601. The normalized spacial score (nSPS) is 11.8. The zero-order valence-electron chi connectivity index (χ0n) is 10.2. The quantitative estimate of drug-likeness (QED) is 0.511. The maximum Gasteiger partial charge on any atom is 0.417 e. The first-order valence-electron chi connectivity index (χ1n) is 5.53. The fourth-order valence-electron chi connectivity index (χ4n) is 1.86. The first-order valence-corrected chi connectivity index (χ1v) is 6.66. The number of hydrogen-bond donors (Lipinski definition) is 0. The summed E-state index contributed by atoms with van der Waals surface area (Å²) >= 11 is 17.6. The first kappa shape index (κ1) is 15.5. The molecular weight excluding hydrogens is 332 g/mol. The molecule has 0 nitrogen and oxygen atoms in total. The van der Waals surface area contributed by atoms with Crippen LogP contribution in [0.2, 0.25) is 15.1 Å². The van der Waals surface area contributed by atoms with E-state index < -0.39 is 11.7 Å². The van der Waals surface area contributed by atoms with Crippen LogP contribution in [0.3, 0.4) is 0 Å². The molecule has 2 aromatic carbocycles. The molecule has 0 heterocycles. The van der Waals surface area contributed by atoms with Gasteiger partial charge in [0.15, 0.2) is 0 Å². The number of benzene rings is 2. The molecule has 0 radical (unpaired) electrons. The predicted octanol–water partition coefficient (Wildman–Crippen LogP) is 6.64. The Morgan fingerprint density at radius 1 is 0.800 bits per heavy atom. The van der Waals surface area contributed by atoms with Crippen molar-refractivity contribution >= 4 is 34.8 Å². The zero-order valence-corrected chi connectivity index (χ0v) is 12.4. The number of alkyl halides is 3. The highest BCUT2D eigenvalue weighted by atomic mass is 35.5. The van der Waals surface area contributed by atoms with E-state index in [0.717, 1.165) is 6.07 Å². The molecule has 0 aliphatic rings. The van der Waals surface area contributed by atoms with Crippen LogP contribution in [0.5, 0.6) is 0 Å². The summed E-state index contributed by atoms with van der Waals surface area (Å²) in [4.78, 5) is 0. The molecule has 0 fully saturated rings. The lowest BCUT2D eigenvalue weighted by Crippen LogP contribution is -2.07. The molecular formula is C14H8Cl3F3. The van der Waals surface area contributed by atoms with Gasteiger partial charge in [-0.2, -0.15) is 13.2 Å². The lowest BCUT2D eigenvalue weighted by molar-refractivity contribution is -0.137. The monoisotopic (exact) mass is 338 g/mol. The molecule has 0 amide bonds. The fourth-order valence-corrected chi connectivity index (χ4v) is 2.51. The van der Waals surface area contributed by atoms with Crippen LogP contribution < -0.4 is 0 Å². The van der Waals surface area contributed by atoms with Gasteiger partial charge in [0.05, 0.1) is 15.6 Å². The van der Waals surface area contributed by atoms with Crippen LogP contribution in [0.15, 0.2) is 30.3 Å². The molecule has 0 bridgehead atoms. The molecule has 0 unspecified atom stereocenters. The number of hydrogen-bond acceptors (Lipinski definition) is 0. The Bertz CT molecular complexity index is 663. The molecule has 0 N–H and O–H groups in total. The third kappa shape index (κ3) is 3.05. The predicted molar refractivity (Wildman–Crippen MR) is 76.6 cm³/mol. The van der Waals surface area contributed by atoms with Gasteiger partial charge in [-0.3, -0.25) is 0 Å². The van der Waals surface area contributed by atoms with E-state index in [2.05, 4.69) is 0 Å². The summed E-state index contributed by atoms with van der Waals surface area (Å²) in [6.45, 7) is 1.59. The van der Waals surface area contributed by atoms with Gasteiger partial charge in [-0.25, -0.2) is 0 Å². The molecule has 20 heavy (non-hydrogen) atoms. The lowest BCUT2D eigenvalue weighted by Gasteiger charge is -2.15. The highest BCUT2D eigenvalue weighted by molar-refractivity contribution is 6.44. The van der Waals surface area contributed by atoms with Gasteiger partial charge in [0.2, 0.25) is 0 Å². The summed E-state index contributed by atoms with van der Waals surface area (Å²) in [5.74, 6) is 0. The maximum absolute atomic E-state index is 13.1. The van der Waals surface area contributed by atoms with Gasteiger partial charge in [0.1, 0.15) is 0 Å². The second kappa shape index (κ2) is 5.47. The summed E-state index contributed by atoms with van der Waals surface area (Å²) in [7, 11) is 0. The van der Waals surface area contributed by atoms with E-state index in [9.17, 15) is 13.2 Å². The van der Waals surface area contributed by atoms with Gasteiger partial charge in [0.25, 0.3) is 0 Å². The standard InChI is InChI=1S/C14H8Cl3F3/c1-7-2-3-8(10(4-7)14(18,19)20)9-5-12(16)13(17)6-11(9)15/h2-6H,1H3. The van der Waals surface area contributed by atoms with Crippen LogP contribution >= 0.6 is 34.8 Å². The highest BCUT2D eigenvalue weighted by Crippen LogP contribution is 2.42. The second-order valence-corrected chi connectivity index (χ2v) is 5.51. The molecule has 2 rings (SSSR count). The van der Waals surface area contributed by atoms with E-state index in [1.165, 1.54) is 18.2 Å². The van der Waals surface area contributed by atoms with Crippen LogP contribution in [0.4, 0.5) is 13.2 Å². The molecule has 0 spiro atoms. The Balaban J connectivity index is 2.73. The minimum absolute atomic E-state index is 0.0216. The van der Waals surface area contributed by atoms with Crippen molar-refractivity contribution in [3.8, 4) is 11.1 Å². The van der Waals surface area contributed by atoms with E-state index in [1.807, 2.05) is 0 Å². The van der Waals surface area contributed by atoms with Crippen LogP contribution in [-0.4, -0.2) is 0 Å². The summed E-state index contributed by atoms with van der Waals surface area (Å²) in [5, 5.41) is 0.467.